The summed E-state index contributed by atoms with van der Waals surface area (Å²) in [5, 5.41) is 0. The third kappa shape index (κ3) is 4.71. The van der Waals surface area contributed by atoms with Crippen LogP contribution >= 0.6 is 0 Å². The molecule has 0 aliphatic carbocycles. The van der Waals surface area contributed by atoms with Crippen molar-refractivity contribution in [1.82, 2.24) is 4.98 Å². The van der Waals surface area contributed by atoms with Gasteiger partial charge in [0.25, 0.3) is 10.0 Å². The number of hydrogen-bond donors (Lipinski definition) is 1. The summed E-state index contributed by atoms with van der Waals surface area (Å²) in [5.74, 6) is 1.20. The summed E-state index contributed by atoms with van der Waals surface area (Å²) in [6, 6.07) is 10.1. The van der Waals surface area contributed by atoms with Gasteiger partial charge in [-0.05, 0) is 48.2 Å². The molecule has 1 aromatic carbocycles. The monoisotopic (exact) mass is 348 g/mol. The van der Waals surface area contributed by atoms with Crippen LogP contribution in [0.5, 0.6) is 5.75 Å². The van der Waals surface area contributed by atoms with Gasteiger partial charge in [-0.15, -0.1) is 0 Å². The molecule has 1 aromatic heterocycles. The molecule has 0 fully saturated rings. The van der Waals surface area contributed by atoms with Gasteiger partial charge in [-0.25, -0.2) is 13.4 Å². The van der Waals surface area contributed by atoms with E-state index in [1.54, 1.807) is 42.6 Å². The van der Waals surface area contributed by atoms with Crippen LogP contribution in [0.25, 0.3) is 0 Å². The molecule has 0 amide bonds. The molecular weight excluding hydrogens is 324 g/mol. The van der Waals surface area contributed by atoms with Crippen LogP contribution < -0.4 is 9.46 Å². The Morgan fingerprint density at radius 2 is 2.00 bits per heavy atom. The van der Waals surface area contributed by atoms with Crippen molar-refractivity contribution >= 4 is 15.8 Å². The van der Waals surface area contributed by atoms with Gasteiger partial charge in [0.1, 0.15) is 11.6 Å². The van der Waals surface area contributed by atoms with Crippen LogP contribution in [-0.2, 0) is 10.0 Å². The summed E-state index contributed by atoms with van der Waals surface area (Å²) in [7, 11) is -3.68. The van der Waals surface area contributed by atoms with Crippen LogP contribution in [0.1, 0.15) is 45.1 Å². The number of hydrogen-bond acceptors (Lipinski definition) is 4. The molecule has 0 spiro atoms. The van der Waals surface area contributed by atoms with Crippen molar-refractivity contribution < 1.29 is 13.2 Å². The summed E-state index contributed by atoms with van der Waals surface area (Å²) >= 11 is 0. The number of unbranched alkanes of at least 4 members (excludes halogenated alkanes) is 1. The van der Waals surface area contributed by atoms with Gasteiger partial charge in [-0.3, -0.25) is 4.72 Å². The number of ether oxygens (including phenoxy) is 1. The second kappa shape index (κ2) is 8.15. The highest BCUT2D eigenvalue weighted by atomic mass is 32.2. The fourth-order valence-corrected chi connectivity index (χ4v) is 3.27. The predicted octanol–water partition coefficient (Wildman–Crippen LogP) is 4.18. The van der Waals surface area contributed by atoms with Gasteiger partial charge in [-0.2, -0.15) is 0 Å². The number of benzene rings is 1. The average molecular weight is 348 g/mol. The number of pyridine rings is 1. The molecule has 2 rings (SSSR count). The molecule has 6 heteroatoms. The number of nitrogens with one attached hydrogen (secondary N) is 1. The Bertz CT molecular complexity index is 759. The minimum atomic E-state index is -3.68. The molecule has 24 heavy (non-hydrogen) atoms. The first-order valence-electron chi connectivity index (χ1n) is 8.14. The Labute approximate surface area is 144 Å². The van der Waals surface area contributed by atoms with E-state index >= 15 is 0 Å². The van der Waals surface area contributed by atoms with E-state index in [9.17, 15) is 8.42 Å². The maximum Gasteiger partial charge on any atom is 0.263 e. The fourth-order valence-electron chi connectivity index (χ4n) is 2.22. The summed E-state index contributed by atoms with van der Waals surface area (Å²) in [6.45, 7) is 6.77. The lowest BCUT2D eigenvalue weighted by Crippen LogP contribution is -2.14. The van der Waals surface area contributed by atoms with Gasteiger partial charge in [0.2, 0.25) is 0 Å². The molecule has 130 valence electrons. The number of aromatic nitrogens is 1. The van der Waals surface area contributed by atoms with Crippen molar-refractivity contribution in [2.45, 2.75) is 44.4 Å². The normalized spacial score (nSPS) is 11.5. The van der Waals surface area contributed by atoms with Crippen LogP contribution in [0.3, 0.4) is 0 Å². The number of anilines is 1. The van der Waals surface area contributed by atoms with Gasteiger partial charge in [0.05, 0.1) is 11.5 Å². The first-order chi connectivity index (χ1) is 11.4. The number of sulfonamides is 1. The summed E-state index contributed by atoms with van der Waals surface area (Å²) in [4.78, 5) is 4.21. The predicted molar refractivity (Wildman–Crippen MR) is 96.0 cm³/mol. The minimum Gasteiger partial charge on any atom is -0.493 e. The Morgan fingerprint density at radius 3 is 2.62 bits per heavy atom. The van der Waals surface area contributed by atoms with E-state index in [-0.39, 0.29) is 10.8 Å². The molecule has 0 unspecified atom stereocenters. The van der Waals surface area contributed by atoms with Crippen molar-refractivity contribution in [2.24, 2.45) is 0 Å². The first kappa shape index (κ1) is 18.3. The highest BCUT2D eigenvalue weighted by Crippen LogP contribution is 2.30. The Morgan fingerprint density at radius 1 is 1.21 bits per heavy atom. The van der Waals surface area contributed by atoms with Gasteiger partial charge in [0, 0.05) is 6.20 Å². The Kier molecular flexibility index (Phi) is 6.20. The molecule has 1 heterocycles. The van der Waals surface area contributed by atoms with Crippen LogP contribution in [0.15, 0.2) is 47.5 Å². The third-order valence-electron chi connectivity index (χ3n) is 3.57. The van der Waals surface area contributed by atoms with Crippen molar-refractivity contribution in [1.29, 1.82) is 0 Å². The molecule has 0 radical (unpaired) electrons. The number of rotatable bonds is 8. The van der Waals surface area contributed by atoms with Gasteiger partial charge in [0.15, 0.2) is 0 Å². The highest BCUT2D eigenvalue weighted by Gasteiger charge is 2.18. The lowest BCUT2D eigenvalue weighted by atomic mass is 10.0. The zero-order valence-electron chi connectivity index (χ0n) is 14.3. The third-order valence-corrected chi connectivity index (χ3v) is 4.93. The minimum absolute atomic E-state index is 0.159. The van der Waals surface area contributed by atoms with Crippen LogP contribution in [0, 0.1) is 0 Å². The largest absolute Gasteiger partial charge is 0.493 e. The molecule has 2 aromatic rings. The Hall–Kier alpha value is -2.08. The summed E-state index contributed by atoms with van der Waals surface area (Å²) < 4.78 is 33.4. The fraction of sp³-hybridized carbons (Fsp3) is 0.389. The lowest BCUT2D eigenvalue weighted by molar-refractivity contribution is 0.305. The molecule has 0 aliphatic rings. The lowest BCUT2D eigenvalue weighted by Gasteiger charge is -2.16. The van der Waals surface area contributed by atoms with E-state index in [1.807, 2.05) is 13.8 Å². The zero-order valence-corrected chi connectivity index (χ0v) is 15.1. The highest BCUT2D eigenvalue weighted by molar-refractivity contribution is 7.92. The molecule has 0 atom stereocenters. The van der Waals surface area contributed by atoms with Gasteiger partial charge in [-0.1, -0.05) is 33.3 Å². The second-order valence-corrected chi connectivity index (χ2v) is 7.56. The maximum atomic E-state index is 12.6. The van der Waals surface area contributed by atoms with Crippen molar-refractivity contribution in [3.63, 3.8) is 0 Å². The molecule has 0 saturated heterocycles. The average Bonchev–Trinajstić information content (AvgIpc) is 2.55. The van der Waals surface area contributed by atoms with Crippen LogP contribution in [0.4, 0.5) is 5.82 Å². The summed E-state index contributed by atoms with van der Waals surface area (Å²) in [5.41, 5.74) is 0.884. The van der Waals surface area contributed by atoms with E-state index < -0.39 is 10.0 Å². The second-order valence-electron chi connectivity index (χ2n) is 5.88. The van der Waals surface area contributed by atoms with E-state index in [4.69, 9.17) is 4.74 Å². The SMILES string of the molecule is CCCCOc1ccc(S(=O)(=O)Nc2ccccn2)cc1C(C)C. The maximum absolute atomic E-state index is 12.6. The van der Waals surface area contributed by atoms with Gasteiger partial charge < -0.3 is 4.74 Å². The van der Waals surface area contributed by atoms with Crippen molar-refractivity contribution in [2.75, 3.05) is 11.3 Å². The first-order valence-corrected chi connectivity index (χ1v) is 9.63. The van der Waals surface area contributed by atoms with E-state index in [0.717, 1.165) is 24.2 Å². The van der Waals surface area contributed by atoms with E-state index in [1.165, 1.54) is 0 Å². The molecule has 1 N–H and O–H groups in total. The van der Waals surface area contributed by atoms with Crippen LogP contribution in [-0.4, -0.2) is 20.0 Å². The van der Waals surface area contributed by atoms with Gasteiger partial charge >= 0.3 is 0 Å². The number of nitrogens with zero attached hydrogens (tertiary/aromatic N) is 1. The molecule has 0 saturated carbocycles. The van der Waals surface area contributed by atoms with Crippen molar-refractivity contribution in [3.8, 4) is 5.75 Å². The van der Waals surface area contributed by atoms with Crippen molar-refractivity contribution in [3.05, 3.63) is 48.2 Å². The smallest absolute Gasteiger partial charge is 0.263 e. The van der Waals surface area contributed by atoms with E-state index in [0.29, 0.717) is 12.4 Å². The zero-order chi connectivity index (χ0) is 17.6. The Balaban J connectivity index is 2.28. The van der Waals surface area contributed by atoms with Crippen LogP contribution in [0.2, 0.25) is 0 Å². The summed E-state index contributed by atoms with van der Waals surface area (Å²) in [6.07, 6.45) is 3.57. The standard InChI is InChI=1S/C18H24N2O3S/c1-4-5-12-23-17-10-9-15(13-16(17)14(2)3)24(21,22)20-18-8-6-7-11-19-18/h6-11,13-14H,4-5,12H2,1-3H3,(H,19,20). The van der Waals surface area contributed by atoms with E-state index in [2.05, 4.69) is 16.6 Å². The molecule has 0 aliphatic heterocycles. The quantitative estimate of drug-likeness (QED) is 0.727. The topological polar surface area (TPSA) is 68.3 Å². The molecular formula is C18H24N2O3S. The molecule has 5 nitrogen and oxygen atoms in total. The molecule has 0 bridgehead atoms.